The van der Waals surface area contributed by atoms with E-state index in [0.29, 0.717) is 33.4 Å². The van der Waals surface area contributed by atoms with Gasteiger partial charge in [0.25, 0.3) is 5.91 Å². The fraction of sp³-hybridized carbons (Fsp3) is 0.310. The van der Waals surface area contributed by atoms with Crippen molar-refractivity contribution in [1.29, 1.82) is 0 Å². The maximum atomic E-state index is 14.8. The van der Waals surface area contributed by atoms with E-state index in [2.05, 4.69) is 40.5 Å². The van der Waals surface area contributed by atoms with Crippen LogP contribution in [0.5, 0.6) is 11.6 Å². The Kier molecular flexibility index (Phi) is 7.31. The SMILES string of the molecule is CCC(=O)Nc1nc2ccc(Oc3cc(NC(=O)c4cc(C)cc(C(C)(C)C5CC5)c4)c(F)cc3Cl)nc2s1. The third-order valence-corrected chi connectivity index (χ3v) is 8.14. The van der Waals surface area contributed by atoms with Crippen LogP contribution in [0.15, 0.2) is 42.5 Å². The molecule has 7 nitrogen and oxygen atoms in total. The van der Waals surface area contributed by atoms with E-state index in [9.17, 15) is 14.0 Å². The molecule has 2 aromatic carbocycles. The van der Waals surface area contributed by atoms with Crippen LogP contribution in [0, 0.1) is 18.7 Å². The van der Waals surface area contributed by atoms with Gasteiger partial charge in [0, 0.05) is 24.1 Å². The van der Waals surface area contributed by atoms with Gasteiger partial charge in [0.1, 0.15) is 21.9 Å². The van der Waals surface area contributed by atoms with E-state index in [1.165, 1.54) is 30.2 Å². The van der Waals surface area contributed by atoms with Crippen molar-refractivity contribution in [2.45, 2.75) is 52.4 Å². The molecular formula is C29H28ClFN4O3S. The molecule has 0 aliphatic heterocycles. The Bertz CT molecular complexity index is 1600. The first-order chi connectivity index (χ1) is 18.5. The average Bonchev–Trinajstić information content (AvgIpc) is 3.68. The van der Waals surface area contributed by atoms with Crippen molar-refractivity contribution < 1.29 is 18.7 Å². The zero-order valence-corrected chi connectivity index (χ0v) is 23.6. The Morgan fingerprint density at radius 2 is 1.90 bits per heavy atom. The lowest BCUT2D eigenvalue weighted by Crippen LogP contribution is -2.21. The first kappa shape index (κ1) is 27.0. The summed E-state index contributed by atoms with van der Waals surface area (Å²) in [7, 11) is 0. The number of nitrogens with one attached hydrogen (secondary N) is 2. The topological polar surface area (TPSA) is 93.2 Å². The first-order valence-corrected chi connectivity index (χ1v) is 13.9. The second-order valence-corrected chi connectivity index (χ2v) is 11.7. The number of hydrogen-bond donors (Lipinski definition) is 2. The summed E-state index contributed by atoms with van der Waals surface area (Å²) in [5.41, 5.74) is 3.01. The van der Waals surface area contributed by atoms with Crippen LogP contribution in [0.4, 0.5) is 15.2 Å². The Morgan fingerprint density at radius 1 is 1.13 bits per heavy atom. The van der Waals surface area contributed by atoms with Crippen molar-refractivity contribution in [2.75, 3.05) is 10.6 Å². The van der Waals surface area contributed by atoms with E-state index in [4.69, 9.17) is 16.3 Å². The predicted octanol–water partition coefficient (Wildman–Crippen LogP) is 7.87. The van der Waals surface area contributed by atoms with Gasteiger partial charge in [-0.05, 0) is 60.9 Å². The molecule has 202 valence electrons. The molecule has 1 fully saturated rings. The summed E-state index contributed by atoms with van der Waals surface area (Å²) in [5.74, 6) is -0.326. The van der Waals surface area contributed by atoms with Gasteiger partial charge in [0.2, 0.25) is 11.8 Å². The van der Waals surface area contributed by atoms with Gasteiger partial charge in [-0.1, -0.05) is 55.3 Å². The molecule has 0 unspecified atom stereocenters. The second kappa shape index (κ2) is 10.5. The van der Waals surface area contributed by atoms with Crippen molar-refractivity contribution in [2.24, 2.45) is 5.92 Å². The number of ether oxygens (including phenoxy) is 1. The standard InChI is InChI=1S/C29H28ClFN4O3S/c1-5-24(36)34-28-33-21-8-9-25(35-27(21)39-28)38-23-14-22(20(31)13-19(23)30)32-26(37)16-10-15(2)11-18(12-16)29(3,4)17-6-7-17/h8-14,17H,5-7H2,1-4H3,(H,32,37)(H,33,34,36). The van der Waals surface area contributed by atoms with E-state index in [1.54, 1.807) is 25.1 Å². The number of rotatable bonds is 8. The number of aryl methyl sites for hydroxylation is 1. The monoisotopic (exact) mass is 566 g/mol. The number of thiazole rings is 1. The molecule has 5 rings (SSSR count). The average molecular weight is 567 g/mol. The van der Waals surface area contributed by atoms with Gasteiger partial charge >= 0.3 is 0 Å². The first-order valence-electron chi connectivity index (χ1n) is 12.7. The molecule has 0 atom stereocenters. The van der Waals surface area contributed by atoms with Gasteiger partial charge in [-0.15, -0.1) is 0 Å². The number of carbonyl (C=O) groups is 2. The quantitative estimate of drug-likeness (QED) is 0.226. The normalized spacial score (nSPS) is 13.4. The molecule has 1 aliphatic carbocycles. The molecule has 2 amide bonds. The third kappa shape index (κ3) is 5.89. The number of carbonyl (C=O) groups excluding carboxylic acids is 2. The molecular weight excluding hydrogens is 539 g/mol. The molecule has 2 N–H and O–H groups in total. The summed E-state index contributed by atoms with van der Waals surface area (Å²) in [6.45, 7) is 8.10. The molecule has 0 radical (unpaired) electrons. The summed E-state index contributed by atoms with van der Waals surface area (Å²) < 4.78 is 20.7. The molecule has 4 aromatic rings. The number of aromatic nitrogens is 2. The van der Waals surface area contributed by atoms with E-state index < -0.39 is 11.7 Å². The Balaban J connectivity index is 1.37. The number of nitrogens with zero attached hydrogens (tertiary/aromatic N) is 2. The number of benzene rings is 2. The van der Waals surface area contributed by atoms with Gasteiger partial charge in [0.15, 0.2) is 5.13 Å². The maximum Gasteiger partial charge on any atom is 0.255 e. The summed E-state index contributed by atoms with van der Waals surface area (Å²) >= 11 is 7.47. The Labute approximate surface area is 234 Å². The number of hydrogen-bond acceptors (Lipinski definition) is 6. The van der Waals surface area contributed by atoms with E-state index >= 15 is 0 Å². The minimum atomic E-state index is -0.686. The predicted molar refractivity (Wildman–Crippen MR) is 153 cm³/mol. The molecule has 10 heteroatoms. The summed E-state index contributed by atoms with van der Waals surface area (Å²) in [5, 5.41) is 5.84. The highest BCUT2D eigenvalue weighted by Crippen LogP contribution is 2.47. The highest BCUT2D eigenvalue weighted by molar-refractivity contribution is 7.21. The highest BCUT2D eigenvalue weighted by atomic mass is 35.5. The smallest absolute Gasteiger partial charge is 0.255 e. The van der Waals surface area contributed by atoms with Crippen LogP contribution in [0.2, 0.25) is 5.02 Å². The fourth-order valence-electron chi connectivity index (χ4n) is 4.46. The van der Waals surface area contributed by atoms with Gasteiger partial charge < -0.3 is 15.4 Å². The van der Waals surface area contributed by atoms with Crippen LogP contribution in [-0.2, 0) is 10.2 Å². The van der Waals surface area contributed by atoms with Crippen LogP contribution in [0.25, 0.3) is 10.3 Å². The lowest BCUT2D eigenvalue weighted by atomic mass is 9.79. The molecule has 39 heavy (non-hydrogen) atoms. The molecule has 2 heterocycles. The van der Waals surface area contributed by atoms with Crippen LogP contribution in [0.3, 0.4) is 0 Å². The fourth-order valence-corrected chi connectivity index (χ4v) is 5.49. The van der Waals surface area contributed by atoms with Gasteiger partial charge in [0.05, 0.1) is 10.7 Å². The van der Waals surface area contributed by atoms with Crippen LogP contribution >= 0.6 is 22.9 Å². The van der Waals surface area contributed by atoms with Crippen molar-refractivity contribution in [3.8, 4) is 11.6 Å². The zero-order chi connectivity index (χ0) is 27.9. The molecule has 2 aromatic heterocycles. The lowest BCUT2D eigenvalue weighted by Gasteiger charge is -2.26. The van der Waals surface area contributed by atoms with Crippen molar-refractivity contribution in [1.82, 2.24) is 9.97 Å². The summed E-state index contributed by atoms with van der Waals surface area (Å²) in [6.07, 6.45) is 2.70. The zero-order valence-electron chi connectivity index (χ0n) is 22.0. The van der Waals surface area contributed by atoms with Crippen LogP contribution in [-0.4, -0.2) is 21.8 Å². The van der Waals surface area contributed by atoms with Crippen LogP contribution in [0.1, 0.15) is 61.5 Å². The van der Waals surface area contributed by atoms with E-state index in [0.717, 1.165) is 17.2 Å². The van der Waals surface area contributed by atoms with Crippen molar-refractivity contribution in [3.05, 3.63) is 70.0 Å². The van der Waals surface area contributed by atoms with Gasteiger partial charge in [-0.2, -0.15) is 0 Å². The minimum absolute atomic E-state index is 0.0247. The largest absolute Gasteiger partial charge is 0.437 e. The molecule has 1 aliphatic rings. The summed E-state index contributed by atoms with van der Waals surface area (Å²) in [4.78, 5) is 34.2. The highest BCUT2D eigenvalue weighted by Gasteiger charge is 2.39. The van der Waals surface area contributed by atoms with Gasteiger partial charge in [-0.3, -0.25) is 9.59 Å². The Morgan fingerprint density at radius 3 is 2.62 bits per heavy atom. The van der Waals surface area contributed by atoms with Gasteiger partial charge in [-0.25, -0.2) is 14.4 Å². The van der Waals surface area contributed by atoms with Crippen molar-refractivity contribution >= 4 is 55.9 Å². The molecule has 0 bridgehead atoms. The number of fused-ring (bicyclic) bond motifs is 1. The Hall–Kier alpha value is -3.56. The molecule has 0 spiro atoms. The minimum Gasteiger partial charge on any atom is -0.437 e. The maximum absolute atomic E-state index is 14.8. The summed E-state index contributed by atoms with van der Waals surface area (Å²) in [6, 6.07) is 11.5. The lowest BCUT2D eigenvalue weighted by molar-refractivity contribution is -0.115. The number of amides is 2. The number of anilines is 2. The molecule has 0 saturated heterocycles. The second-order valence-electron chi connectivity index (χ2n) is 10.3. The van der Waals surface area contributed by atoms with Crippen LogP contribution < -0.4 is 15.4 Å². The van der Waals surface area contributed by atoms with Crippen molar-refractivity contribution in [3.63, 3.8) is 0 Å². The third-order valence-electron chi connectivity index (χ3n) is 6.96. The molecule has 1 saturated carbocycles. The number of halogens is 2. The number of pyridine rings is 1. The van der Waals surface area contributed by atoms with E-state index in [-0.39, 0.29) is 33.7 Å². The van der Waals surface area contributed by atoms with E-state index in [1.807, 2.05) is 13.0 Å².